The molecule has 2 amide bonds. The number of carbonyl (C=O) groups is 2. The van der Waals surface area contributed by atoms with Crippen LogP contribution in [0.5, 0.6) is 0 Å². The fourth-order valence-corrected chi connectivity index (χ4v) is 3.09. The Kier molecular flexibility index (Phi) is 7.35. The molecule has 2 aromatic rings. The van der Waals surface area contributed by atoms with E-state index in [-0.39, 0.29) is 12.5 Å². The lowest BCUT2D eigenvalue weighted by Gasteiger charge is -2.19. The Morgan fingerprint density at radius 1 is 1.12 bits per heavy atom. The second-order valence-corrected chi connectivity index (χ2v) is 7.28. The van der Waals surface area contributed by atoms with Gasteiger partial charge in [0.05, 0.1) is 0 Å². The minimum Gasteiger partial charge on any atom is -0.481 e. The van der Waals surface area contributed by atoms with Gasteiger partial charge in [-0.05, 0) is 36.6 Å². The summed E-state index contributed by atoms with van der Waals surface area (Å²) in [5.74, 6) is -0.900. The number of carboxylic acids is 1. The van der Waals surface area contributed by atoms with Crippen molar-refractivity contribution >= 4 is 28.5 Å². The van der Waals surface area contributed by atoms with Gasteiger partial charge in [-0.2, -0.15) is 0 Å². The van der Waals surface area contributed by atoms with E-state index in [1.807, 2.05) is 30.3 Å². The molecule has 2 atom stereocenters. The molecule has 0 saturated carbocycles. The fraction of sp³-hybridized carbons (Fsp3) is 0.263. The highest BCUT2D eigenvalue weighted by Gasteiger charge is 2.15. The standard InChI is InChI=1S/C19H22N2O4S/c1-26(25)17-9-5-8-15(13-17)20-19(24)21-16(10-11-18(22)23)12-14-6-3-2-4-7-14/h2-9,13,16H,10-12H2,1H3,(H,22,23)(H2,20,21,24). The van der Waals surface area contributed by atoms with Gasteiger partial charge in [0.15, 0.2) is 0 Å². The molecule has 0 bridgehead atoms. The Morgan fingerprint density at radius 2 is 1.85 bits per heavy atom. The van der Waals surface area contributed by atoms with E-state index in [1.54, 1.807) is 30.5 Å². The minimum atomic E-state index is -1.14. The number of carbonyl (C=O) groups excluding carboxylic acids is 1. The Hall–Kier alpha value is -2.67. The number of amides is 2. The monoisotopic (exact) mass is 374 g/mol. The van der Waals surface area contributed by atoms with E-state index in [2.05, 4.69) is 10.6 Å². The van der Waals surface area contributed by atoms with Gasteiger partial charge in [-0.3, -0.25) is 9.00 Å². The molecule has 0 fully saturated rings. The lowest BCUT2D eigenvalue weighted by molar-refractivity contribution is -0.137. The molecule has 138 valence electrons. The molecule has 7 heteroatoms. The first-order valence-electron chi connectivity index (χ1n) is 8.21. The van der Waals surface area contributed by atoms with Gasteiger partial charge in [-0.15, -0.1) is 0 Å². The molecule has 0 aliphatic heterocycles. The van der Waals surface area contributed by atoms with Crippen LogP contribution in [0.3, 0.4) is 0 Å². The number of rotatable bonds is 8. The Labute approximate surface area is 155 Å². The summed E-state index contributed by atoms with van der Waals surface area (Å²) in [7, 11) is -1.14. The first kappa shape index (κ1) is 19.7. The molecule has 0 aliphatic carbocycles. The normalized spacial score (nSPS) is 12.8. The van der Waals surface area contributed by atoms with Crippen LogP contribution in [0.2, 0.25) is 0 Å². The Morgan fingerprint density at radius 3 is 2.50 bits per heavy atom. The van der Waals surface area contributed by atoms with E-state index >= 15 is 0 Å². The van der Waals surface area contributed by atoms with Crippen molar-refractivity contribution in [2.24, 2.45) is 0 Å². The number of nitrogens with one attached hydrogen (secondary N) is 2. The van der Waals surface area contributed by atoms with Gasteiger partial charge < -0.3 is 15.7 Å². The number of hydrogen-bond acceptors (Lipinski definition) is 3. The Bertz CT molecular complexity index is 780. The molecular weight excluding hydrogens is 352 g/mol. The van der Waals surface area contributed by atoms with Gasteiger partial charge in [-0.1, -0.05) is 36.4 Å². The zero-order chi connectivity index (χ0) is 18.9. The van der Waals surface area contributed by atoms with Crippen molar-refractivity contribution in [1.29, 1.82) is 0 Å². The van der Waals surface area contributed by atoms with E-state index in [0.29, 0.717) is 23.4 Å². The molecule has 0 spiro atoms. The molecule has 0 aliphatic rings. The number of hydrogen-bond donors (Lipinski definition) is 3. The van der Waals surface area contributed by atoms with Crippen LogP contribution >= 0.6 is 0 Å². The highest BCUT2D eigenvalue weighted by molar-refractivity contribution is 7.84. The smallest absolute Gasteiger partial charge is 0.319 e. The van der Waals surface area contributed by atoms with Gasteiger partial charge >= 0.3 is 12.0 Å². The third kappa shape index (κ3) is 6.68. The van der Waals surface area contributed by atoms with Crippen molar-refractivity contribution in [3.8, 4) is 0 Å². The summed E-state index contributed by atoms with van der Waals surface area (Å²) in [6.07, 6.45) is 2.42. The van der Waals surface area contributed by atoms with Gasteiger partial charge in [0, 0.05) is 40.1 Å². The summed E-state index contributed by atoms with van der Waals surface area (Å²) in [6.45, 7) is 0. The molecule has 0 saturated heterocycles. The lowest BCUT2D eigenvalue weighted by atomic mass is 10.0. The molecule has 3 N–H and O–H groups in total. The first-order valence-corrected chi connectivity index (χ1v) is 9.76. The number of anilines is 1. The van der Waals surface area contributed by atoms with Gasteiger partial charge in [0.2, 0.25) is 0 Å². The summed E-state index contributed by atoms with van der Waals surface area (Å²) in [6, 6.07) is 15.7. The molecule has 6 nitrogen and oxygen atoms in total. The molecular formula is C19H22N2O4S. The first-order chi connectivity index (χ1) is 12.4. The topological polar surface area (TPSA) is 95.5 Å². The number of carboxylic acid groups (broad SMARTS) is 1. The van der Waals surface area contributed by atoms with Crippen molar-refractivity contribution in [3.63, 3.8) is 0 Å². The summed E-state index contributed by atoms with van der Waals surface area (Å²) in [4.78, 5) is 23.8. The summed E-state index contributed by atoms with van der Waals surface area (Å²) >= 11 is 0. The zero-order valence-electron chi connectivity index (χ0n) is 14.5. The third-order valence-electron chi connectivity index (χ3n) is 3.79. The molecule has 2 aromatic carbocycles. The summed E-state index contributed by atoms with van der Waals surface area (Å²) < 4.78 is 11.5. The second-order valence-electron chi connectivity index (χ2n) is 5.90. The van der Waals surface area contributed by atoms with Gasteiger partial charge in [0.25, 0.3) is 0 Å². The van der Waals surface area contributed by atoms with Crippen molar-refractivity contribution in [1.82, 2.24) is 5.32 Å². The van der Waals surface area contributed by atoms with Crippen molar-refractivity contribution in [2.45, 2.75) is 30.2 Å². The van der Waals surface area contributed by atoms with E-state index in [9.17, 15) is 13.8 Å². The average Bonchev–Trinajstić information content (AvgIpc) is 2.60. The largest absolute Gasteiger partial charge is 0.481 e. The molecule has 0 radical (unpaired) electrons. The average molecular weight is 374 g/mol. The molecule has 0 heterocycles. The highest BCUT2D eigenvalue weighted by Crippen LogP contribution is 2.14. The quantitative estimate of drug-likeness (QED) is 0.662. The maximum absolute atomic E-state index is 12.3. The van der Waals surface area contributed by atoms with Crippen LogP contribution in [0.15, 0.2) is 59.5 Å². The van der Waals surface area contributed by atoms with Gasteiger partial charge in [-0.25, -0.2) is 4.79 Å². The van der Waals surface area contributed by atoms with Crippen LogP contribution < -0.4 is 10.6 Å². The minimum absolute atomic E-state index is 0.0257. The van der Waals surface area contributed by atoms with E-state index in [4.69, 9.17) is 5.11 Å². The predicted molar refractivity (Wildman–Crippen MR) is 102 cm³/mol. The van der Waals surface area contributed by atoms with Crippen molar-refractivity contribution in [3.05, 3.63) is 60.2 Å². The SMILES string of the molecule is CS(=O)c1cccc(NC(=O)NC(CCC(=O)O)Cc2ccccc2)c1. The molecule has 2 unspecified atom stereocenters. The van der Waals surface area contributed by atoms with Crippen molar-refractivity contribution < 1.29 is 18.9 Å². The maximum Gasteiger partial charge on any atom is 0.319 e. The predicted octanol–water partition coefficient (Wildman–Crippen LogP) is 3.02. The van der Waals surface area contributed by atoms with Crippen LogP contribution in [0.25, 0.3) is 0 Å². The molecule has 0 aromatic heterocycles. The van der Waals surface area contributed by atoms with Gasteiger partial charge in [0.1, 0.15) is 0 Å². The Balaban J connectivity index is 2.01. The zero-order valence-corrected chi connectivity index (χ0v) is 15.3. The van der Waals surface area contributed by atoms with Crippen LogP contribution in [0.4, 0.5) is 10.5 Å². The highest BCUT2D eigenvalue weighted by atomic mass is 32.2. The van der Waals surface area contributed by atoms with E-state index in [0.717, 1.165) is 5.56 Å². The van der Waals surface area contributed by atoms with E-state index in [1.165, 1.54) is 0 Å². The molecule has 26 heavy (non-hydrogen) atoms. The molecule has 2 rings (SSSR count). The van der Waals surface area contributed by atoms with Crippen molar-refractivity contribution in [2.75, 3.05) is 11.6 Å². The summed E-state index contributed by atoms with van der Waals surface area (Å²) in [5, 5.41) is 14.5. The van der Waals surface area contributed by atoms with Crippen LogP contribution in [0.1, 0.15) is 18.4 Å². The number of benzene rings is 2. The van der Waals surface area contributed by atoms with Crippen LogP contribution in [-0.2, 0) is 22.0 Å². The number of aliphatic carboxylic acids is 1. The fourth-order valence-electron chi connectivity index (χ4n) is 2.53. The second kappa shape index (κ2) is 9.72. The lowest BCUT2D eigenvalue weighted by Crippen LogP contribution is -2.39. The van der Waals surface area contributed by atoms with Crippen LogP contribution in [-0.4, -0.2) is 33.6 Å². The number of urea groups is 1. The van der Waals surface area contributed by atoms with E-state index < -0.39 is 22.8 Å². The summed E-state index contributed by atoms with van der Waals surface area (Å²) in [5.41, 5.74) is 1.55. The third-order valence-corrected chi connectivity index (χ3v) is 4.71. The van der Waals surface area contributed by atoms with Crippen LogP contribution in [0, 0.1) is 0 Å². The maximum atomic E-state index is 12.3.